The van der Waals surface area contributed by atoms with Crippen LogP contribution < -0.4 is 0 Å². The molecule has 94 valence electrons. The minimum Gasteiger partial charge on any atom is -0.479 e. The van der Waals surface area contributed by atoms with Gasteiger partial charge in [-0.3, -0.25) is 0 Å². The fourth-order valence-electron chi connectivity index (χ4n) is 2.09. The molecule has 0 aliphatic heterocycles. The first-order valence-corrected chi connectivity index (χ1v) is 5.98. The Bertz CT molecular complexity index is 379. The van der Waals surface area contributed by atoms with E-state index in [9.17, 15) is 9.90 Å². The zero-order valence-corrected chi connectivity index (χ0v) is 10.6. The van der Waals surface area contributed by atoms with Gasteiger partial charge in [0.15, 0.2) is 5.60 Å². The first-order chi connectivity index (χ1) is 7.93. The summed E-state index contributed by atoms with van der Waals surface area (Å²) in [5, 5.41) is 19.1. The van der Waals surface area contributed by atoms with E-state index >= 15 is 0 Å². The Hall–Kier alpha value is -1.35. The molecule has 0 bridgehead atoms. The smallest absolute Gasteiger partial charge is 0.336 e. The van der Waals surface area contributed by atoms with Crippen molar-refractivity contribution in [3.63, 3.8) is 0 Å². The van der Waals surface area contributed by atoms with Crippen LogP contribution in [0.5, 0.6) is 0 Å². The zero-order chi connectivity index (χ0) is 13.1. The van der Waals surface area contributed by atoms with Crippen LogP contribution in [0.15, 0.2) is 24.3 Å². The lowest BCUT2D eigenvalue weighted by Gasteiger charge is -2.28. The molecular weight excluding hydrogens is 216 g/mol. The fraction of sp³-hybridized carbons (Fsp3) is 0.500. The van der Waals surface area contributed by atoms with Gasteiger partial charge in [-0.05, 0) is 30.9 Å². The van der Waals surface area contributed by atoms with Crippen molar-refractivity contribution < 1.29 is 15.0 Å². The van der Waals surface area contributed by atoms with E-state index in [4.69, 9.17) is 5.11 Å². The largest absolute Gasteiger partial charge is 0.479 e. The summed E-state index contributed by atoms with van der Waals surface area (Å²) in [7, 11) is 0. The van der Waals surface area contributed by atoms with Gasteiger partial charge in [-0.25, -0.2) is 4.79 Å². The normalized spacial score (nSPS) is 16.2. The van der Waals surface area contributed by atoms with Gasteiger partial charge in [0.25, 0.3) is 0 Å². The number of carboxylic acids is 1. The number of benzene rings is 1. The third-order valence-corrected chi connectivity index (χ3v) is 3.31. The molecule has 0 saturated heterocycles. The van der Waals surface area contributed by atoms with Crippen LogP contribution in [0.25, 0.3) is 0 Å². The Labute approximate surface area is 102 Å². The summed E-state index contributed by atoms with van der Waals surface area (Å²) >= 11 is 0. The van der Waals surface area contributed by atoms with Crippen LogP contribution in [0.1, 0.15) is 44.2 Å². The Morgan fingerprint density at radius 2 is 1.82 bits per heavy atom. The van der Waals surface area contributed by atoms with E-state index in [0.717, 1.165) is 12.0 Å². The van der Waals surface area contributed by atoms with Gasteiger partial charge in [-0.1, -0.05) is 38.1 Å². The van der Waals surface area contributed by atoms with Gasteiger partial charge in [0.2, 0.25) is 0 Å². The summed E-state index contributed by atoms with van der Waals surface area (Å²) in [5.41, 5.74) is 0.360. The van der Waals surface area contributed by atoms with Gasteiger partial charge < -0.3 is 10.2 Å². The van der Waals surface area contributed by atoms with Crippen molar-refractivity contribution in [2.24, 2.45) is 0 Å². The third kappa shape index (κ3) is 2.86. The minimum absolute atomic E-state index is 0.383. The summed E-state index contributed by atoms with van der Waals surface area (Å²) in [6.45, 7) is 5.31. The molecule has 0 aliphatic carbocycles. The van der Waals surface area contributed by atoms with Crippen molar-refractivity contribution in [2.75, 3.05) is 0 Å². The number of hydrogen-bond acceptors (Lipinski definition) is 2. The van der Waals surface area contributed by atoms with E-state index in [1.54, 1.807) is 0 Å². The fourth-order valence-corrected chi connectivity index (χ4v) is 2.09. The molecule has 2 unspecified atom stereocenters. The number of rotatable bonds is 5. The Balaban J connectivity index is 3.05. The van der Waals surface area contributed by atoms with Crippen molar-refractivity contribution in [2.45, 2.75) is 45.1 Å². The van der Waals surface area contributed by atoms with Crippen LogP contribution in [0.2, 0.25) is 0 Å². The van der Waals surface area contributed by atoms with E-state index < -0.39 is 11.6 Å². The summed E-state index contributed by atoms with van der Waals surface area (Å²) in [6, 6.07) is 7.78. The second-order valence-corrected chi connectivity index (χ2v) is 4.51. The molecule has 0 spiro atoms. The van der Waals surface area contributed by atoms with Gasteiger partial charge in [0, 0.05) is 5.92 Å². The molecule has 0 aliphatic rings. The Morgan fingerprint density at radius 1 is 1.29 bits per heavy atom. The van der Waals surface area contributed by atoms with Gasteiger partial charge >= 0.3 is 5.97 Å². The predicted molar refractivity (Wildman–Crippen MR) is 67.1 cm³/mol. The predicted octanol–water partition coefficient (Wildman–Crippen LogP) is 2.58. The molecule has 0 aromatic heterocycles. The molecule has 0 radical (unpaired) electrons. The van der Waals surface area contributed by atoms with Crippen LogP contribution in [0.4, 0.5) is 0 Å². The molecule has 0 fully saturated rings. The SMILES string of the molecule is CCc1ccc(C(CC)C(C)(O)C(=O)O)cc1. The average molecular weight is 236 g/mol. The van der Waals surface area contributed by atoms with Crippen LogP contribution in [0.3, 0.4) is 0 Å². The Morgan fingerprint density at radius 3 is 2.18 bits per heavy atom. The highest BCUT2D eigenvalue weighted by molar-refractivity contribution is 5.78. The van der Waals surface area contributed by atoms with E-state index in [1.807, 2.05) is 31.2 Å². The molecule has 1 aromatic rings. The number of aryl methyl sites for hydroxylation is 1. The van der Waals surface area contributed by atoms with Crippen LogP contribution in [-0.2, 0) is 11.2 Å². The summed E-state index contributed by atoms with van der Waals surface area (Å²) in [4.78, 5) is 11.1. The highest BCUT2D eigenvalue weighted by Crippen LogP contribution is 2.31. The molecule has 1 rings (SSSR count). The lowest BCUT2D eigenvalue weighted by Crippen LogP contribution is -2.41. The van der Waals surface area contributed by atoms with Crippen molar-refractivity contribution in [3.8, 4) is 0 Å². The first-order valence-electron chi connectivity index (χ1n) is 5.98. The Kier molecular flexibility index (Phi) is 4.29. The molecule has 0 saturated carbocycles. The van der Waals surface area contributed by atoms with Crippen LogP contribution >= 0.6 is 0 Å². The van der Waals surface area contributed by atoms with Crippen LogP contribution in [-0.4, -0.2) is 21.8 Å². The second-order valence-electron chi connectivity index (χ2n) is 4.51. The molecule has 3 heteroatoms. The summed E-state index contributed by atoms with van der Waals surface area (Å²) < 4.78 is 0. The molecule has 2 N–H and O–H groups in total. The maximum Gasteiger partial charge on any atom is 0.336 e. The lowest BCUT2D eigenvalue weighted by molar-refractivity contribution is -0.159. The van der Waals surface area contributed by atoms with E-state index in [1.165, 1.54) is 12.5 Å². The lowest BCUT2D eigenvalue weighted by atomic mass is 9.81. The van der Waals surface area contributed by atoms with Gasteiger partial charge in [-0.2, -0.15) is 0 Å². The highest BCUT2D eigenvalue weighted by Gasteiger charge is 2.39. The zero-order valence-electron chi connectivity index (χ0n) is 10.6. The molecule has 1 aromatic carbocycles. The van der Waals surface area contributed by atoms with E-state index in [0.29, 0.717) is 6.42 Å². The molecule has 2 atom stereocenters. The van der Waals surface area contributed by atoms with E-state index in [-0.39, 0.29) is 5.92 Å². The van der Waals surface area contributed by atoms with Gasteiger partial charge in [0.1, 0.15) is 0 Å². The van der Waals surface area contributed by atoms with Crippen LogP contribution in [0, 0.1) is 0 Å². The van der Waals surface area contributed by atoms with E-state index in [2.05, 4.69) is 6.92 Å². The van der Waals surface area contributed by atoms with Crippen molar-refractivity contribution in [1.29, 1.82) is 0 Å². The first kappa shape index (κ1) is 13.7. The average Bonchev–Trinajstić information content (AvgIpc) is 2.30. The number of aliphatic carboxylic acids is 1. The number of carboxylic acid groups (broad SMARTS) is 1. The highest BCUT2D eigenvalue weighted by atomic mass is 16.4. The maximum atomic E-state index is 11.1. The molecule has 0 heterocycles. The standard InChI is InChI=1S/C14H20O3/c1-4-10-6-8-11(9-7-10)12(5-2)14(3,17)13(15)16/h6-9,12,17H,4-5H2,1-3H3,(H,15,16). The molecule has 17 heavy (non-hydrogen) atoms. The summed E-state index contributed by atoms with van der Waals surface area (Å²) in [5.74, 6) is -1.56. The van der Waals surface area contributed by atoms with Crippen molar-refractivity contribution >= 4 is 5.97 Å². The number of hydrogen-bond donors (Lipinski definition) is 2. The van der Waals surface area contributed by atoms with Crippen molar-refractivity contribution in [1.82, 2.24) is 0 Å². The number of carbonyl (C=O) groups is 1. The second kappa shape index (κ2) is 5.32. The third-order valence-electron chi connectivity index (χ3n) is 3.31. The molecule has 0 amide bonds. The monoisotopic (exact) mass is 236 g/mol. The van der Waals surface area contributed by atoms with Gasteiger partial charge in [0.05, 0.1) is 0 Å². The minimum atomic E-state index is -1.72. The maximum absolute atomic E-state index is 11.1. The molecule has 3 nitrogen and oxygen atoms in total. The number of aliphatic hydroxyl groups is 1. The van der Waals surface area contributed by atoms with Crippen molar-refractivity contribution in [3.05, 3.63) is 35.4 Å². The topological polar surface area (TPSA) is 57.5 Å². The van der Waals surface area contributed by atoms with Gasteiger partial charge in [-0.15, -0.1) is 0 Å². The molecular formula is C14H20O3. The summed E-state index contributed by atoms with van der Waals surface area (Å²) in [6.07, 6.45) is 1.54. The quantitative estimate of drug-likeness (QED) is 0.826.